The van der Waals surface area contributed by atoms with Gasteiger partial charge in [0.25, 0.3) is 0 Å². The van der Waals surface area contributed by atoms with Crippen molar-refractivity contribution in [3.8, 4) is 0 Å². The van der Waals surface area contributed by atoms with E-state index >= 15 is 0 Å². The summed E-state index contributed by atoms with van der Waals surface area (Å²) in [7, 11) is 2.46. The Hall–Kier alpha value is -1.10. The third-order valence-corrected chi connectivity index (χ3v) is 2.17. The van der Waals surface area contributed by atoms with E-state index in [1.54, 1.807) is 12.1 Å². The third kappa shape index (κ3) is 3.20. The van der Waals surface area contributed by atoms with Gasteiger partial charge in [-0.05, 0) is 30.7 Å². The maximum absolute atomic E-state index is 9.19. The maximum atomic E-state index is 9.19. The zero-order chi connectivity index (χ0) is 11.4. The predicted octanol–water partition coefficient (Wildman–Crippen LogP) is 0.0710. The average Bonchev–Trinajstić information content (AvgIpc) is 2.16. The second-order valence-electron chi connectivity index (χ2n) is 3.77. The number of nitrogens with zero attached hydrogens (tertiary/aromatic N) is 1. The van der Waals surface area contributed by atoms with Crippen molar-refractivity contribution in [2.75, 3.05) is 14.1 Å². The molecule has 4 heteroatoms. The molecular weight excluding hydrogens is 189 g/mol. The smallest absolute Gasteiger partial charge is 0.423 e. The third-order valence-electron chi connectivity index (χ3n) is 2.17. The highest BCUT2D eigenvalue weighted by molar-refractivity contribution is 6.59. The number of hydrogen-bond donors (Lipinski definition) is 2. The number of hydrogen-bond acceptors (Lipinski definition) is 3. The molecule has 1 rings (SSSR count). The van der Waals surface area contributed by atoms with Crippen LogP contribution in [-0.2, 0) is 6.54 Å². The van der Waals surface area contributed by atoms with Gasteiger partial charge in [0.05, 0.1) is 0 Å². The topological polar surface area (TPSA) is 43.7 Å². The second-order valence-corrected chi connectivity index (χ2v) is 3.77. The molecule has 80 valence electrons. The maximum Gasteiger partial charge on any atom is 0.488 e. The molecule has 0 saturated heterocycles. The van der Waals surface area contributed by atoms with Crippen molar-refractivity contribution in [3.63, 3.8) is 0 Å². The normalized spacial score (nSPS) is 10.5. The summed E-state index contributed by atoms with van der Waals surface area (Å²) >= 11 is 0. The molecule has 0 unspecified atom stereocenters. The first-order valence-electron chi connectivity index (χ1n) is 4.80. The van der Waals surface area contributed by atoms with Crippen LogP contribution in [0.1, 0.15) is 11.1 Å². The van der Waals surface area contributed by atoms with Crippen molar-refractivity contribution in [2.45, 2.75) is 6.54 Å². The van der Waals surface area contributed by atoms with Crippen molar-refractivity contribution >= 4 is 18.7 Å². The van der Waals surface area contributed by atoms with Gasteiger partial charge in [-0.15, -0.1) is 0 Å². The monoisotopic (exact) mass is 205 g/mol. The molecule has 0 aliphatic rings. The lowest BCUT2D eigenvalue weighted by atomic mass is 9.76. The van der Waals surface area contributed by atoms with E-state index in [1.165, 1.54) is 0 Å². The predicted molar refractivity (Wildman–Crippen MR) is 63.7 cm³/mol. The summed E-state index contributed by atoms with van der Waals surface area (Å²) < 4.78 is 0. The highest BCUT2D eigenvalue weighted by Gasteiger charge is 2.15. The summed E-state index contributed by atoms with van der Waals surface area (Å²) in [4.78, 5) is 1.98. The van der Waals surface area contributed by atoms with Gasteiger partial charge in [-0.25, -0.2) is 0 Å². The Morgan fingerprint density at radius 1 is 1.40 bits per heavy atom. The lowest BCUT2D eigenvalue weighted by Crippen LogP contribution is -2.34. The molecule has 0 bridgehead atoms. The van der Waals surface area contributed by atoms with Crippen LogP contribution in [0.25, 0.3) is 6.08 Å². The highest BCUT2D eigenvalue weighted by Crippen LogP contribution is 2.06. The molecule has 0 aromatic heterocycles. The lowest BCUT2D eigenvalue weighted by molar-refractivity contribution is 0.399. The first kappa shape index (κ1) is 12.0. The molecule has 1 aromatic rings. The molecule has 0 amide bonds. The molecule has 1 aromatic carbocycles. The standard InChI is InChI=1S/C11H16BNO2/c1-4-9-5-6-11(12(14)15)10(7-9)8-13(2)3/h4-7,14-15H,1,8H2,2-3H3. The van der Waals surface area contributed by atoms with E-state index in [9.17, 15) is 10.0 Å². The van der Waals surface area contributed by atoms with E-state index < -0.39 is 7.12 Å². The number of rotatable bonds is 4. The van der Waals surface area contributed by atoms with Gasteiger partial charge < -0.3 is 14.9 Å². The fourth-order valence-corrected chi connectivity index (χ4v) is 1.48. The summed E-state index contributed by atoms with van der Waals surface area (Å²) in [6, 6.07) is 5.46. The molecule has 0 atom stereocenters. The molecule has 15 heavy (non-hydrogen) atoms. The van der Waals surface area contributed by atoms with Crippen LogP contribution in [0.3, 0.4) is 0 Å². The Balaban J connectivity index is 3.10. The van der Waals surface area contributed by atoms with E-state index in [2.05, 4.69) is 6.58 Å². The van der Waals surface area contributed by atoms with E-state index in [0.29, 0.717) is 12.0 Å². The molecule has 0 fully saturated rings. The molecule has 2 N–H and O–H groups in total. The molecule has 0 radical (unpaired) electrons. The Morgan fingerprint density at radius 2 is 2.07 bits per heavy atom. The second kappa shape index (κ2) is 5.12. The SMILES string of the molecule is C=Cc1ccc(B(O)O)c(CN(C)C)c1. The zero-order valence-corrected chi connectivity index (χ0v) is 9.14. The van der Waals surface area contributed by atoms with Gasteiger partial charge in [-0.2, -0.15) is 0 Å². The summed E-state index contributed by atoms with van der Waals surface area (Å²) in [5.74, 6) is 0. The molecule has 0 saturated carbocycles. The molecule has 0 spiro atoms. The van der Waals surface area contributed by atoms with Gasteiger partial charge in [0.1, 0.15) is 0 Å². The van der Waals surface area contributed by atoms with E-state index in [0.717, 1.165) is 11.1 Å². The molecular formula is C11H16BNO2. The Morgan fingerprint density at radius 3 is 2.53 bits per heavy atom. The summed E-state index contributed by atoms with van der Waals surface area (Å²) in [5, 5.41) is 18.4. The first-order chi connectivity index (χ1) is 7.04. The molecule has 3 nitrogen and oxygen atoms in total. The van der Waals surface area contributed by atoms with Crippen LogP contribution in [0.4, 0.5) is 0 Å². The first-order valence-corrected chi connectivity index (χ1v) is 4.80. The Bertz CT molecular complexity index is 350. The fourth-order valence-electron chi connectivity index (χ4n) is 1.48. The Kier molecular flexibility index (Phi) is 4.09. The minimum absolute atomic E-state index is 0.550. The van der Waals surface area contributed by atoms with Crippen LogP contribution in [0.5, 0.6) is 0 Å². The molecule has 0 aliphatic heterocycles. The van der Waals surface area contributed by atoms with Gasteiger partial charge in [0.15, 0.2) is 0 Å². The van der Waals surface area contributed by atoms with Crippen molar-refractivity contribution in [1.29, 1.82) is 0 Å². The largest absolute Gasteiger partial charge is 0.488 e. The van der Waals surface area contributed by atoms with Crippen LogP contribution >= 0.6 is 0 Å². The van der Waals surface area contributed by atoms with Gasteiger partial charge in [-0.3, -0.25) is 0 Å². The van der Waals surface area contributed by atoms with Gasteiger partial charge >= 0.3 is 7.12 Å². The average molecular weight is 205 g/mol. The van der Waals surface area contributed by atoms with Crippen LogP contribution in [0.15, 0.2) is 24.8 Å². The molecule has 0 heterocycles. The lowest BCUT2D eigenvalue weighted by Gasteiger charge is -2.14. The molecule has 0 aliphatic carbocycles. The van der Waals surface area contributed by atoms with Crippen molar-refractivity contribution in [2.24, 2.45) is 0 Å². The fraction of sp³-hybridized carbons (Fsp3) is 0.273. The summed E-state index contributed by atoms with van der Waals surface area (Å²) in [5.41, 5.74) is 2.44. The minimum Gasteiger partial charge on any atom is -0.423 e. The van der Waals surface area contributed by atoms with Crippen molar-refractivity contribution in [3.05, 3.63) is 35.9 Å². The minimum atomic E-state index is -1.42. The van der Waals surface area contributed by atoms with Crippen LogP contribution in [0, 0.1) is 0 Å². The summed E-state index contributed by atoms with van der Waals surface area (Å²) in [6.45, 7) is 4.36. The number of benzene rings is 1. The quantitative estimate of drug-likeness (QED) is 0.683. The summed E-state index contributed by atoms with van der Waals surface area (Å²) in [6.07, 6.45) is 1.74. The van der Waals surface area contributed by atoms with Gasteiger partial charge in [0.2, 0.25) is 0 Å². The Labute approximate surface area is 90.8 Å². The van der Waals surface area contributed by atoms with Crippen molar-refractivity contribution < 1.29 is 10.0 Å². The van der Waals surface area contributed by atoms with Crippen LogP contribution < -0.4 is 5.46 Å². The highest BCUT2D eigenvalue weighted by atomic mass is 16.4. The van der Waals surface area contributed by atoms with Crippen LogP contribution in [0.2, 0.25) is 0 Å². The zero-order valence-electron chi connectivity index (χ0n) is 9.14. The van der Waals surface area contributed by atoms with Gasteiger partial charge in [-0.1, -0.05) is 30.9 Å². The van der Waals surface area contributed by atoms with Crippen LogP contribution in [-0.4, -0.2) is 36.2 Å². The van der Waals surface area contributed by atoms with E-state index in [1.807, 2.05) is 31.1 Å². The van der Waals surface area contributed by atoms with Crippen molar-refractivity contribution in [1.82, 2.24) is 4.90 Å². The van der Waals surface area contributed by atoms with E-state index in [4.69, 9.17) is 0 Å². The van der Waals surface area contributed by atoms with Gasteiger partial charge in [0, 0.05) is 6.54 Å². The van der Waals surface area contributed by atoms with E-state index in [-0.39, 0.29) is 0 Å².